The highest BCUT2D eigenvalue weighted by molar-refractivity contribution is 6.05. The lowest BCUT2D eigenvalue weighted by Gasteiger charge is -2.38. The largest absolute Gasteiger partial charge is 0.368 e. The molecule has 1 aromatic carbocycles. The number of para-hydroxylation sites is 1. The maximum atomic E-state index is 14.3. The van der Waals surface area contributed by atoms with Gasteiger partial charge in [-0.1, -0.05) is 18.7 Å². The standard InChI is InChI=1S/C27H31N7O3/c1-4-23(36)33-13-12-32(21-10-7-8-17(2)24(21)33)22-14-19-15-29-27(28)30-25(19)34(26(22)37)20-9-5-6-11-31(16-20)18(3)35/h4,7-8,10,14-15,20H,1,5-6,9,11-13,16H2,2-3H3,(H2,28,29,30)/t20-/m1/s1. The summed E-state index contributed by atoms with van der Waals surface area (Å²) in [6, 6.07) is 7.33. The zero-order valence-electron chi connectivity index (χ0n) is 21.2. The predicted molar refractivity (Wildman–Crippen MR) is 144 cm³/mol. The van der Waals surface area contributed by atoms with E-state index in [4.69, 9.17) is 5.73 Å². The van der Waals surface area contributed by atoms with E-state index >= 15 is 0 Å². The first kappa shape index (κ1) is 24.5. The fourth-order valence-electron chi connectivity index (χ4n) is 5.49. The van der Waals surface area contributed by atoms with Crippen LogP contribution in [0.2, 0.25) is 0 Å². The molecule has 10 heteroatoms. The summed E-state index contributed by atoms with van der Waals surface area (Å²) in [6.07, 6.45) is 5.45. The van der Waals surface area contributed by atoms with Gasteiger partial charge in [0.05, 0.1) is 17.4 Å². The molecule has 0 aliphatic carbocycles. The molecular formula is C27H31N7O3. The van der Waals surface area contributed by atoms with Crippen LogP contribution in [-0.2, 0) is 9.59 Å². The fourth-order valence-corrected chi connectivity index (χ4v) is 5.49. The van der Waals surface area contributed by atoms with Gasteiger partial charge in [0.1, 0.15) is 11.3 Å². The Bertz CT molecular complexity index is 1460. The molecule has 192 valence electrons. The zero-order chi connectivity index (χ0) is 26.3. The molecule has 5 rings (SSSR count). The molecule has 0 bridgehead atoms. The number of likely N-dealkylation sites (tertiary alicyclic amines) is 1. The summed E-state index contributed by atoms with van der Waals surface area (Å²) >= 11 is 0. The van der Waals surface area contributed by atoms with E-state index in [1.54, 1.807) is 33.6 Å². The Hall–Kier alpha value is -4.21. The normalized spacial score (nSPS) is 17.9. The second-order valence-corrected chi connectivity index (χ2v) is 9.61. The minimum Gasteiger partial charge on any atom is -0.368 e. The van der Waals surface area contributed by atoms with Gasteiger partial charge in [0.2, 0.25) is 11.9 Å². The maximum absolute atomic E-state index is 14.3. The third kappa shape index (κ3) is 4.32. The zero-order valence-corrected chi connectivity index (χ0v) is 21.2. The van der Waals surface area contributed by atoms with E-state index < -0.39 is 0 Å². The molecule has 4 heterocycles. The molecule has 1 atom stereocenters. The SMILES string of the molecule is C=CC(=O)N1CCN(c2cc3cnc(N)nc3n([C@@H]3CCCCN(C(C)=O)C3)c2=O)c2cccc(C)c21. The average Bonchev–Trinajstić information content (AvgIpc) is 3.14. The number of aryl methyl sites for hydroxylation is 1. The molecular weight excluding hydrogens is 470 g/mol. The maximum Gasteiger partial charge on any atom is 0.276 e. The van der Waals surface area contributed by atoms with Gasteiger partial charge in [0.15, 0.2) is 0 Å². The van der Waals surface area contributed by atoms with Crippen molar-refractivity contribution in [2.45, 2.75) is 39.2 Å². The smallest absolute Gasteiger partial charge is 0.276 e. The molecule has 1 fully saturated rings. The van der Waals surface area contributed by atoms with Crippen LogP contribution in [0, 0.1) is 6.92 Å². The van der Waals surface area contributed by atoms with Gasteiger partial charge in [-0.05, 0) is 50.0 Å². The minimum absolute atomic E-state index is 0.0121. The topological polar surface area (TPSA) is 118 Å². The molecule has 37 heavy (non-hydrogen) atoms. The van der Waals surface area contributed by atoms with Crippen molar-refractivity contribution in [2.24, 2.45) is 0 Å². The molecule has 0 radical (unpaired) electrons. The van der Waals surface area contributed by atoms with E-state index in [2.05, 4.69) is 16.5 Å². The molecule has 0 saturated carbocycles. The third-order valence-electron chi connectivity index (χ3n) is 7.29. The van der Waals surface area contributed by atoms with Crippen molar-refractivity contribution in [1.29, 1.82) is 0 Å². The van der Waals surface area contributed by atoms with Crippen LogP contribution in [-0.4, -0.2) is 57.4 Å². The highest BCUT2D eigenvalue weighted by Gasteiger charge is 2.31. The molecule has 0 spiro atoms. The number of nitrogen functional groups attached to an aromatic ring is 1. The van der Waals surface area contributed by atoms with Crippen molar-refractivity contribution in [2.75, 3.05) is 41.7 Å². The fraction of sp³-hybridized carbons (Fsp3) is 0.370. The molecule has 3 aromatic rings. The molecule has 10 nitrogen and oxygen atoms in total. The molecule has 2 aliphatic heterocycles. The van der Waals surface area contributed by atoms with Crippen molar-refractivity contribution in [3.8, 4) is 0 Å². The molecule has 2 N–H and O–H groups in total. The Morgan fingerprint density at radius 2 is 1.97 bits per heavy atom. The van der Waals surface area contributed by atoms with E-state index in [9.17, 15) is 14.4 Å². The monoisotopic (exact) mass is 501 g/mol. The van der Waals surface area contributed by atoms with Crippen LogP contribution in [0.4, 0.5) is 23.0 Å². The summed E-state index contributed by atoms with van der Waals surface area (Å²) in [7, 11) is 0. The summed E-state index contributed by atoms with van der Waals surface area (Å²) in [5.74, 6) is -0.109. The number of pyridine rings is 1. The van der Waals surface area contributed by atoms with E-state index in [1.165, 1.54) is 6.08 Å². The van der Waals surface area contributed by atoms with Gasteiger partial charge in [-0.15, -0.1) is 0 Å². The Kier molecular flexibility index (Phi) is 6.41. The highest BCUT2D eigenvalue weighted by Crippen LogP contribution is 2.40. The van der Waals surface area contributed by atoms with E-state index in [1.807, 2.05) is 30.0 Å². The van der Waals surface area contributed by atoms with Crippen molar-refractivity contribution < 1.29 is 9.59 Å². The van der Waals surface area contributed by atoms with E-state index in [-0.39, 0.29) is 29.4 Å². The number of nitrogens with two attached hydrogens (primary N) is 1. The quantitative estimate of drug-likeness (QED) is 0.548. The van der Waals surface area contributed by atoms with Crippen molar-refractivity contribution in [3.05, 3.63) is 59.0 Å². The van der Waals surface area contributed by atoms with Crippen molar-refractivity contribution in [1.82, 2.24) is 19.4 Å². The van der Waals surface area contributed by atoms with Crippen LogP contribution in [0.5, 0.6) is 0 Å². The number of rotatable bonds is 3. The third-order valence-corrected chi connectivity index (χ3v) is 7.29. The van der Waals surface area contributed by atoms with Crippen LogP contribution in [0.15, 0.2) is 47.9 Å². The Morgan fingerprint density at radius 3 is 2.73 bits per heavy atom. The van der Waals surface area contributed by atoms with E-state index in [0.717, 1.165) is 36.2 Å². The molecule has 2 aromatic heterocycles. The number of amides is 2. The Labute approximate surface area is 215 Å². The Morgan fingerprint density at radius 1 is 1.16 bits per heavy atom. The van der Waals surface area contributed by atoms with Gasteiger partial charge in [-0.25, -0.2) is 4.98 Å². The molecule has 2 aliphatic rings. The van der Waals surface area contributed by atoms with Gasteiger partial charge in [-0.3, -0.25) is 19.0 Å². The number of fused-ring (bicyclic) bond motifs is 2. The van der Waals surface area contributed by atoms with Gasteiger partial charge < -0.3 is 20.4 Å². The number of hydrogen-bond acceptors (Lipinski definition) is 7. The molecule has 1 saturated heterocycles. The van der Waals surface area contributed by atoms with Gasteiger partial charge >= 0.3 is 0 Å². The number of benzene rings is 1. The summed E-state index contributed by atoms with van der Waals surface area (Å²) in [5.41, 5.74) is 9.11. The van der Waals surface area contributed by atoms with E-state index in [0.29, 0.717) is 42.9 Å². The Balaban J connectivity index is 1.71. The summed E-state index contributed by atoms with van der Waals surface area (Å²) in [6.45, 7) is 9.08. The lowest BCUT2D eigenvalue weighted by atomic mass is 10.1. The van der Waals surface area contributed by atoms with Crippen LogP contribution in [0.25, 0.3) is 11.0 Å². The lowest BCUT2D eigenvalue weighted by molar-refractivity contribution is -0.129. The number of carbonyl (C=O) groups excluding carboxylic acids is 2. The number of nitrogens with zero attached hydrogens (tertiary/aromatic N) is 6. The average molecular weight is 502 g/mol. The summed E-state index contributed by atoms with van der Waals surface area (Å²) in [5, 5.41) is 0.682. The van der Waals surface area contributed by atoms with Crippen molar-refractivity contribution >= 4 is 45.9 Å². The second-order valence-electron chi connectivity index (χ2n) is 9.61. The summed E-state index contributed by atoms with van der Waals surface area (Å²) in [4.78, 5) is 53.3. The molecule has 2 amide bonds. The van der Waals surface area contributed by atoms with Crippen LogP contribution in [0.1, 0.15) is 37.8 Å². The summed E-state index contributed by atoms with van der Waals surface area (Å²) < 4.78 is 1.70. The highest BCUT2D eigenvalue weighted by atomic mass is 16.2. The van der Waals surface area contributed by atoms with Crippen molar-refractivity contribution in [3.63, 3.8) is 0 Å². The number of carbonyl (C=O) groups is 2. The van der Waals surface area contributed by atoms with Gasteiger partial charge in [0.25, 0.3) is 11.5 Å². The first-order valence-electron chi connectivity index (χ1n) is 12.5. The first-order valence-corrected chi connectivity index (χ1v) is 12.5. The predicted octanol–water partition coefficient (Wildman–Crippen LogP) is 2.93. The number of hydrogen-bond donors (Lipinski definition) is 1. The lowest BCUT2D eigenvalue weighted by Crippen LogP contribution is -2.44. The van der Waals surface area contributed by atoms with Crippen LogP contribution >= 0.6 is 0 Å². The molecule has 0 unspecified atom stereocenters. The van der Waals surface area contributed by atoms with Gasteiger partial charge in [-0.2, -0.15) is 4.98 Å². The second kappa shape index (κ2) is 9.68. The number of aromatic nitrogens is 3. The van der Waals surface area contributed by atoms with Gasteiger partial charge in [0, 0.05) is 44.7 Å². The first-order chi connectivity index (χ1) is 17.8. The number of anilines is 4. The minimum atomic E-state index is -0.253. The van der Waals surface area contributed by atoms with Crippen LogP contribution in [0.3, 0.4) is 0 Å². The van der Waals surface area contributed by atoms with Crippen LogP contribution < -0.4 is 21.1 Å².